The van der Waals surface area contributed by atoms with Crippen LogP contribution in [0.3, 0.4) is 0 Å². The average molecular weight is 365 g/mol. The summed E-state index contributed by atoms with van der Waals surface area (Å²) in [6, 6.07) is 11.1. The summed E-state index contributed by atoms with van der Waals surface area (Å²) in [5.41, 5.74) is 4.58. The van der Waals surface area contributed by atoms with Gasteiger partial charge in [-0.05, 0) is 56.2 Å². The molecule has 26 heavy (non-hydrogen) atoms. The van der Waals surface area contributed by atoms with E-state index in [1.54, 1.807) is 11.1 Å². The van der Waals surface area contributed by atoms with Gasteiger partial charge in [0.05, 0.1) is 8.07 Å². The van der Waals surface area contributed by atoms with Gasteiger partial charge in [0, 0.05) is 5.41 Å². The second-order valence-electron chi connectivity index (χ2n) is 9.04. The number of ketones is 1. The molecule has 138 valence electrons. The molecule has 0 bridgehead atoms. The number of hydrogen-bond donors (Lipinski definition) is 0. The van der Waals surface area contributed by atoms with Gasteiger partial charge in [0.15, 0.2) is 5.78 Å². The Morgan fingerprint density at radius 1 is 1.27 bits per heavy atom. The first-order chi connectivity index (χ1) is 12.3. The van der Waals surface area contributed by atoms with Crippen LogP contribution in [0.25, 0.3) is 0 Å². The lowest BCUT2D eigenvalue weighted by atomic mass is 9.75. The van der Waals surface area contributed by atoms with Crippen molar-refractivity contribution in [3.8, 4) is 0 Å². The zero-order valence-corrected chi connectivity index (χ0v) is 17.8. The quantitative estimate of drug-likeness (QED) is 0.466. The van der Waals surface area contributed by atoms with Crippen LogP contribution in [0, 0.1) is 5.41 Å². The molecule has 0 spiro atoms. The first-order valence-electron chi connectivity index (χ1n) is 9.89. The molecule has 0 N–H and O–H groups in total. The molecule has 3 rings (SSSR count). The topological polar surface area (TPSA) is 17.1 Å². The van der Waals surface area contributed by atoms with Gasteiger partial charge in [-0.1, -0.05) is 79.3 Å². The molecule has 0 saturated carbocycles. The molecule has 1 nitrogen and oxygen atoms in total. The Hall–Kier alpha value is -1.67. The Morgan fingerprint density at radius 2 is 1.96 bits per heavy atom. The van der Waals surface area contributed by atoms with Crippen molar-refractivity contribution in [2.24, 2.45) is 5.41 Å². The predicted octanol–water partition coefficient (Wildman–Crippen LogP) is 5.95. The lowest BCUT2D eigenvalue weighted by Gasteiger charge is -2.41. The van der Waals surface area contributed by atoms with E-state index in [9.17, 15) is 4.79 Å². The summed E-state index contributed by atoms with van der Waals surface area (Å²) in [7, 11) is -1.64. The zero-order chi connectivity index (χ0) is 18.9. The highest BCUT2D eigenvalue weighted by atomic mass is 28.3. The van der Waals surface area contributed by atoms with Crippen LogP contribution in [0.2, 0.25) is 18.6 Å². The molecule has 2 heteroatoms. The van der Waals surface area contributed by atoms with Gasteiger partial charge in [0.2, 0.25) is 0 Å². The standard InChI is InChI=1S/C24H32OSi/c1-6-19-15-23(25)24(3,16-19)17-21-18(2)11-10-14-22(21)26(4,5)20-12-8-7-9-13-20/h6-9,12-13,15,22H,1,10-11,14,16-17H2,2-5H3. The van der Waals surface area contributed by atoms with Crippen molar-refractivity contribution in [1.29, 1.82) is 0 Å². The second-order valence-corrected chi connectivity index (χ2v) is 13.8. The Labute approximate surface area is 159 Å². The van der Waals surface area contributed by atoms with E-state index in [0.29, 0.717) is 5.54 Å². The molecular formula is C24H32OSi. The monoisotopic (exact) mass is 364 g/mol. The van der Waals surface area contributed by atoms with Crippen molar-refractivity contribution >= 4 is 19.0 Å². The van der Waals surface area contributed by atoms with Gasteiger partial charge in [0.25, 0.3) is 0 Å². The fourth-order valence-electron chi connectivity index (χ4n) is 4.98. The molecule has 2 aliphatic rings. The normalized spacial score (nSPS) is 26.8. The molecule has 0 heterocycles. The van der Waals surface area contributed by atoms with Crippen molar-refractivity contribution in [2.45, 2.75) is 64.6 Å². The highest BCUT2D eigenvalue weighted by molar-refractivity contribution is 6.91. The van der Waals surface area contributed by atoms with Crippen LogP contribution >= 0.6 is 0 Å². The summed E-state index contributed by atoms with van der Waals surface area (Å²) in [5, 5.41) is 1.53. The minimum absolute atomic E-state index is 0.281. The van der Waals surface area contributed by atoms with Crippen molar-refractivity contribution in [1.82, 2.24) is 0 Å². The van der Waals surface area contributed by atoms with E-state index >= 15 is 0 Å². The number of allylic oxidation sites excluding steroid dienone is 5. The van der Waals surface area contributed by atoms with Crippen LogP contribution in [-0.2, 0) is 4.79 Å². The Bertz CT molecular complexity index is 769. The van der Waals surface area contributed by atoms with Gasteiger partial charge in [-0.25, -0.2) is 0 Å². The van der Waals surface area contributed by atoms with E-state index in [-0.39, 0.29) is 11.2 Å². The maximum absolute atomic E-state index is 12.7. The summed E-state index contributed by atoms with van der Waals surface area (Å²) >= 11 is 0. The van der Waals surface area contributed by atoms with Gasteiger partial charge in [-0.15, -0.1) is 0 Å². The number of benzene rings is 1. The van der Waals surface area contributed by atoms with Crippen molar-refractivity contribution < 1.29 is 4.79 Å². The number of carbonyl (C=O) groups is 1. The first-order valence-corrected chi connectivity index (χ1v) is 13.0. The SMILES string of the molecule is C=CC1=CC(=O)C(C)(CC2=C(C)CCCC2[Si](C)(C)c2ccccc2)C1. The summed E-state index contributed by atoms with van der Waals surface area (Å²) < 4.78 is 0. The minimum atomic E-state index is -1.64. The number of hydrogen-bond acceptors (Lipinski definition) is 1. The fourth-order valence-corrected chi connectivity index (χ4v) is 8.57. The lowest BCUT2D eigenvalue weighted by molar-refractivity contribution is -0.121. The van der Waals surface area contributed by atoms with Crippen molar-refractivity contribution in [3.63, 3.8) is 0 Å². The summed E-state index contributed by atoms with van der Waals surface area (Å²) in [6.07, 6.45) is 9.17. The van der Waals surface area contributed by atoms with Crippen molar-refractivity contribution in [3.05, 3.63) is 65.8 Å². The van der Waals surface area contributed by atoms with Crippen LogP contribution in [0.4, 0.5) is 0 Å². The molecule has 0 amide bonds. The van der Waals surface area contributed by atoms with Crippen LogP contribution in [-0.4, -0.2) is 13.9 Å². The van der Waals surface area contributed by atoms with Gasteiger partial charge in [-0.3, -0.25) is 4.79 Å². The average Bonchev–Trinajstić information content (AvgIpc) is 2.91. The summed E-state index contributed by atoms with van der Waals surface area (Å²) in [5.74, 6) is 0.288. The number of carbonyl (C=O) groups excluding carboxylic acids is 1. The lowest BCUT2D eigenvalue weighted by Crippen LogP contribution is -2.48. The van der Waals surface area contributed by atoms with E-state index in [2.05, 4.69) is 63.9 Å². The largest absolute Gasteiger partial charge is 0.294 e. The molecule has 0 saturated heterocycles. The highest BCUT2D eigenvalue weighted by Crippen LogP contribution is 2.49. The van der Waals surface area contributed by atoms with E-state index in [0.717, 1.165) is 18.4 Å². The third-order valence-corrected chi connectivity index (χ3v) is 11.0. The fraction of sp³-hybridized carbons (Fsp3) is 0.458. The summed E-state index contributed by atoms with van der Waals surface area (Å²) in [6.45, 7) is 13.4. The van der Waals surface area contributed by atoms with E-state index in [1.165, 1.54) is 24.4 Å². The second kappa shape index (κ2) is 7.15. The molecule has 0 fully saturated rings. The molecule has 2 atom stereocenters. The molecule has 0 aliphatic heterocycles. The molecule has 1 aromatic rings. The molecule has 0 radical (unpaired) electrons. The predicted molar refractivity (Wildman–Crippen MR) is 114 cm³/mol. The third-order valence-electron chi connectivity index (χ3n) is 6.75. The third kappa shape index (κ3) is 3.44. The molecule has 0 aromatic heterocycles. The molecule has 1 aromatic carbocycles. The minimum Gasteiger partial charge on any atom is -0.294 e. The smallest absolute Gasteiger partial charge is 0.162 e. The van der Waals surface area contributed by atoms with E-state index in [4.69, 9.17) is 0 Å². The molecule has 2 aliphatic carbocycles. The van der Waals surface area contributed by atoms with E-state index < -0.39 is 8.07 Å². The Balaban J connectivity index is 1.94. The maximum atomic E-state index is 12.7. The Kier molecular flexibility index (Phi) is 5.25. The van der Waals surface area contributed by atoms with E-state index in [1.807, 2.05) is 12.2 Å². The highest BCUT2D eigenvalue weighted by Gasteiger charge is 2.43. The molecular weight excluding hydrogens is 332 g/mol. The zero-order valence-electron chi connectivity index (χ0n) is 16.8. The van der Waals surface area contributed by atoms with Crippen LogP contribution in [0.15, 0.2) is 65.8 Å². The van der Waals surface area contributed by atoms with Gasteiger partial charge < -0.3 is 0 Å². The summed E-state index contributed by atoms with van der Waals surface area (Å²) in [4.78, 5) is 12.7. The first kappa shape index (κ1) is 19.1. The van der Waals surface area contributed by atoms with Gasteiger partial charge in [0.1, 0.15) is 0 Å². The molecule has 2 unspecified atom stereocenters. The number of rotatable bonds is 5. The Morgan fingerprint density at radius 3 is 2.58 bits per heavy atom. The van der Waals surface area contributed by atoms with Gasteiger partial charge in [-0.2, -0.15) is 0 Å². The van der Waals surface area contributed by atoms with Crippen LogP contribution < -0.4 is 5.19 Å². The maximum Gasteiger partial charge on any atom is 0.162 e. The van der Waals surface area contributed by atoms with Crippen LogP contribution in [0.5, 0.6) is 0 Å². The van der Waals surface area contributed by atoms with Crippen molar-refractivity contribution in [2.75, 3.05) is 0 Å². The van der Waals surface area contributed by atoms with Gasteiger partial charge >= 0.3 is 0 Å². The van der Waals surface area contributed by atoms with Crippen LogP contribution in [0.1, 0.15) is 46.0 Å².